The fourth-order valence-corrected chi connectivity index (χ4v) is 7.52. The topological polar surface area (TPSA) is 95.1 Å². The smallest absolute Gasteiger partial charge is 0.251 e. The molecule has 2 saturated heterocycles. The fourth-order valence-electron chi connectivity index (χ4n) is 4.96. The molecule has 11 heteroatoms. The second kappa shape index (κ2) is 12.0. The van der Waals surface area contributed by atoms with E-state index in [2.05, 4.69) is 15.1 Å². The molecular weight excluding hydrogens is 522 g/mol. The summed E-state index contributed by atoms with van der Waals surface area (Å²) in [6.45, 7) is 6.00. The molecule has 0 bridgehead atoms. The largest absolute Gasteiger partial charge is 0.497 e. The first-order chi connectivity index (χ1) is 18.4. The molecule has 2 aliphatic rings. The van der Waals surface area contributed by atoms with E-state index in [1.54, 1.807) is 47.0 Å². The summed E-state index contributed by atoms with van der Waals surface area (Å²) in [5.41, 5.74) is 1.46. The molecule has 0 aliphatic carbocycles. The first-order valence-electron chi connectivity index (χ1n) is 13.2. The van der Waals surface area contributed by atoms with E-state index in [0.717, 1.165) is 79.5 Å². The van der Waals surface area contributed by atoms with Crippen molar-refractivity contribution in [3.63, 3.8) is 0 Å². The van der Waals surface area contributed by atoms with Crippen LogP contribution in [0.3, 0.4) is 0 Å². The Labute approximate surface area is 228 Å². The summed E-state index contributed by atoms with van der Waals surface area (Å²) in [5, 5.41) is 4.00. The predicted octanol–water partition coefficient (Wildman–Crippen LogP) is 3.42. The van der Waals surface area contributed by atoms with Crippen LogP contribution in [-0.4, -0.2) is 88.0 Å². The molecule has 9 nitrogen and oxygen atoms in total. The van der Waals surface area contributed by atoms with Crippen molar-refractivity contribution in [3.8, 4) is 5.75 Å². The van der Waals surface area contributed by atoms with Crippen molar-refractivity contribution in [2.75, 3.05) is 64.4 Å². The van der Waals surface area contributed by atoms with Crippen molar-refractivity contribution < 1.29 is 17.9 Å². The van der Waals surface area contributed by atoms with Gasteiger partial charge in [-0.15, -0.1) is 0 Å². The highest BCUT2D eigenvalue weighted by atomic mass is 32.2. The van der Waals surface area contributed by atoms with Crippen LogP contribution >= 0.6 is 11.3 Å². The number of anilines is 1. The molecule has 2 fully saturated rings. The average molecular weight is 558 g/mol. The van der Waals surface area contributed by atoms with Gasteiger partial charge in [0.05, 0.1) is 22.2 Å². The number of nitrogens with zero attached hydrogens (tertiary/aromatic N) is 4. The molecule has 0 saturated carbocycles. The SMILES string of the molecule is COc1ccc2nc(N3CCN(CCNC(=O)c4ccc(S(=O)(=O)N5CCCCCC5)cc4)CC3)sc2c1. The van der Waals surface area contributed by atoms with Gasteiger partial charge in [0, 0.05) is 57.9 Å². The van der Waals surface area contributed by atoms with Crippen molar-refractivity contribution in [1.29, 1.82) is 0 Å². The number of hydrogen-bond acceptors (Lipinski definition) is 8. The zero-order valence-corrected chi connectivity index (χ0v) is 23.4. The molecular formula is C27H35N5O4S2. The number of benzene rings is 2. The molecule has 204 valence electrons. The third-order valence-corrected chi connectivity index (χ3v) is 10.3. The minimum absolute atomic E-state index is 0.188. The molecule has 0 spiro atoms. The number of methoxy groups -OCH3 is 1. The molecule has 0 atom stereocenters. The Kier molecular flexibility index (Phi) is 8.47. The van der Waals surface area contributed by atoms with Crippen molar-refractivity contribution >= 4 is 42.6 Å². The van der Waals surface area contributed by atoms with Gasteiger partial charge < -0.3 is 15.0 Å². The van der Waals surface area contributed by atoms with E-state index >= 15 is 0 Å². The van der Waals surface area contributed by atoms with E-state index in [4.69, 9.17) is 9.72 Å². The molecule has 5 rings (SSSR count). The predicted molar refractivity (Wildman–Crippen MR) is 151 cm³/mol. The van der Waals surface area contributed by atoms with E-state index < -0.39 is 10.0 Å². The summed E-state index contributed by atoms with van der Waals surface area (Å²) in [6, 6.07) is 12.3. The number of sulfonamides is 1. The highest BCUT2D eigenvalue weighted by molar-refractivity contribution is 7.89. The number of aromatic nitrogens is 1. The summed E-state index contributed by atoms with van der Waals surface area (Å²) in [7, 11) is -1.84. The second-order valence-electron chi connectivity index (χ2n) is 9.76. The molecule has 0 radical (unpaired) electrons. The van der Waals surface area contributed by atoms with Gasteiger partial charge in [-0.05, 0) is 55.3 Å². The van der Waals surface area contributed by atoms with E-state index in [9.17, 15) is 13.2 Å². The van der Waals surface area contributed by atoms with Gasteiger partial charge in [0.2, 0.25) is 10.0 Å². The second-order valence-corrected chi connectivity index (χ2v) is 12.7. The number of fused-ring (bicyclic) bond motifs is 1. The summed E-state index contributed by atoms with van der Waals surface area (Å²) in [6.07, 6.45) is 3.93. The number of carbonyl (C=O) groups excluding carboxylic acids is 1. The van der Waals surface area contributed by atoms with Crippen molar-refractivity contribution in [3.05, 3.63) is 48.0 Å². The van der Waals surface area contributed by atoms with E-state index in [1.807, 2.05) is 18.2 Å². The first-order valence-corrected chi connectivity index (χ1v) is 15.5. The van der Waals surface area contributed by atoms with Gasteiger partial charge >= 0.3 is 0 Å². The monoisotopic (exact) mass is 557 g/mol. The number of nitrogens with one attached hydrogen (secondary N) is 1. The Hall–Kier alpha value is -2.73. The molecule has 2 aromatic carbocycles. The minimum Gasteiger partial charge on any atom is -0.497 e. The lowest BCUT2D eigenvalue weighted by molar-refractivity contribution is 0.0947. The van der Waals surface area contributed by atoms with Gasteiger partial charge in [-0.3, -0.25) is 9.69 Å². The van der Waals surface area contributed by atoms with Gasteiger partial charge in [0.1, 0.15) is 5.75 Å². The van der Waals surface area contributed by atoms with Gasteiger partial charge in [0.25, 0.3) is 5.91 Å². The van der Waals surface area contributed by atoms with Crippen LogP contribution < -0.4 is 15.0 Å². The first kappa shape index (κ1) is 26.9. The molecule has 3 heterocycles. The number of rotatable bonds is 8. The zero-order valence-electron chi connectivity index (χ0n) is 21.8. The Balaban J connectivity index is 1.08. The molecule has 1 aromatic heterocycles. The van der Waals surface area contributed by atoms with E-state index in [-0.39, 0.29) is 10.8 Å². The Morgan fingerprint density at radius 3 is 2.37 bits per heavy atom. The van der Waals surface area contributed by atoms with E-state index in [1.165, 1.54) is 0 Å². The van der Waals surface area contributed by atoms with Crippen LogP contribution in [0.1, 0.15) is 36.0 Å². The molecule has 1 amide bonds. The number of carbonyl (C=O) groups is 1. The summed E-state index contributed by atoms with van der Waals surface area (Å²) in [5.74, 6) is 0.653. The number of ether oxygens (including phenoxy) is 1. The zero-order chi connectivity index (χ0) is 26.5. The van der Waals surface area contributed by atoms with Crippen LogP contribution in [0.25, 0.3) is 10.2 Å². The summed E-state index contributed by atoms with van der Waals surface area (Å²) >= 11 is 1.68. The average Bonchev–Trinajstić information content (AvgIpc) is 3.16. The Morgan fingerprint density at radius 1 is 0.974 bits per heavy atom. The van der Waals surface area contributed by atoms with Crippen LogP contribution in [0, 0.1) is 0 Å². The van der Waals surface area contributed by atoms with Crippen molar-refractivity contribution in [1.82, 2.24) is 19.5 Å². The van der Waals surface area contributed by atoms with Gasteiger partial charge in [-0.25, -0.2) is 13.4 Å². The third kappa shape index (κ3) is 6.12. The lowest BCUT2D eigenvalue weighted by Crippen LogP contribution is -2.48. The maximum atomic E-state index is 13.0. The van der Waals surface area contributed by atoms with Gasteiger partial charge in [-0.2, -0.15) is 4.31 Å². The Morgan fingerprint density at radius 2 is 1.68 bits per heavy atom. The Bertz CT molecular complexity index is 1340. The van der Waals surface area contributed by atoms with Gasteiger partial charge in [0.15, 0.2) is 5.13 Å². The molecule has 1 N–H and O–H groups in total. The van der Waals surface area contributed by atoms with Crippen molar-refractivity contribution in [2.45, 2.75) is 30.6 Å². The number of amides is 1. The highest BCUT2D eigenvalue weighted by Gasteiger charge is 2.25. The maximum absolute atomic E-state index is 13.0. The summed E-state index contributed by atoms with van der Waals surface area (Å²) < 4.78 is 33.9. The number of piperazine rings is 1. The lowest BCUT2D eigenvalue weighted by atomic mass is 10.2. The molecule has 0 unspecified atom stereocenters. The molecule has 2 aliphatic heterocycles. The van der Waals surface area contributed by atoms with Crippen LogP contribution in [0.2, 0.25) is 0 Å². The number of thiazole rings is 1. The normalized spacial score (nSPS) is 17.9. The molecule has 3 aromatic rings. The quantitative estimate of drug-likeness (QED) is 0.454. The van der Waals surface area contributed by atoms with Crippen LogP contribution in [-0.2, 0) is 10.0 Å². The maximum Gasteiger partial charge on any atom is 0.251 e. The highest BCUT2D eigenvalue weighted by Crippen LogP contribution is 2.31. The lowest BCUT2D eigenvalue weighted by Gasteiger charge is -2.34. The third-order valence-electron chi connectivity index (χ3n) is 7.26. The van der Waals surface area contributed by atoms with Crippen LogP contribution in [0.5, 0.6) is 5.75 Å². The molecule has 38 heavy (non-hydrogen) atoms. The minimum atomic E-state index is -3.51. The number of hydrogen-bond donors (Lipinski definition) is 1. The standard InChI is InChI=1S/C27H35N5O4S2/c1-36-22-8-11-24-25(20-22)37-27(29-24)31-18-16-30(17-19-31)15-12-28-26(33)21-6-9-23(10-7-21)38(34,35)32-13-4-2-3-5-14-32/h6-11,20H,2-5,12-19H2,1H3,(H,28,33). The van der Waals surface area contributed by atoms with Crippen molar-refractivity contribution in [2.24, 2.45) is 0 Å². The van der Waals surface area contributed by atoms with Crippen LogP contribution in [0.4, 0.5) is 5.13 Å². The fraction of sp³-hybridized carbons (Fsp3) is 0.481. The summed E-state index contributed by atoms with van der Waals surface area (Å²) in [4.78, 5) is 22.3. The van der Waals surface area contributed by atoms with E-state index in [0.29, 0.717) is 25.2 Å². The van der Waals surface area contributed by atoms with Gasteiger partial charge in [-0.1, -0.05) is 24.2 Å². The van der Waals surface area contributed by atoms with Crippen LogP contribution in [0.15, 0.2) is 47.4 Å².